The second kappa shape index (κ2) is 8.06. The molecule has 0 bridgehead atoms. The Morgan fingerprint density at radius 2 is 2.37 bits per heavy atom. The first kappa shape index (κ1) is 15.8. The van der Waals surface area contributed by atoms with E-state index < -0.39 is 12.0 Å². The van der Waals surface area contributed by atoms with Crippen molar-refractivity contribution in [2.24, 2.45) is 0 Å². The fourth-order valence-corrected chi connectivity index (χ4v) is 2.50. The zero-order chi connectivity index (χ0) is 14.3. The summed E-state index contributed by atoms with van der Waals surface area (Å²) in [4.78, 5) is 24.3. The molecule has 108 valence electrons. The number of likely N-dealkylation sites (tertiary alicyclic amines) is 1. The van der Waals surface area contributed by atoms with Gasteiger partial charge in [0.1, 0.15) is 6.04 Å². The molecule has 2 amide bonds. The smallest absolute Gasteiger partial charge is 0.326 e. The van der Waals surface area contributed by atoms with Crippen molar-refractivity contribution >= 4 is 23.8 Å². The maximum Gasteiger partial charge on any atom is 0.326 e. The molecule has 1 heterocycles. The molecule has 0 aromatic rings. The lowest BCUT2D eigenvalue weighted by atomic mass is 10.2. The number of nitrogens with zero attached hydrogens (tertiary/aromatic N) is 1. The Labute approximate surface area is 117 Å². The van der Waals surface area contributed by atoms with Gasteiger partial charge in [-0.2, -0.15) is 11.8 Å². The number of carboxylic acids is 1. The molecule has 2 atom stereocenters. The standard InChI is InChI=1S/C12H20N2O4S/c1-3-5-19-6-4-13-12(17)14-8-9(18-2)7-10(14)11(15)16/h3,9-10H,1,4-8H2,2H3,(H,13,17)(H,15,16). The zero-order valence-electron chi connectivity index (χ0n) is 11.0. The van der Waals surface area contributed by atoms with E-state index in [1.807, 2.05) is 0 Å². The van der Waals surface area contributed by atoms with Crippen molar-refractivity contribution in [1.82, 2.24) is 10.2 Å². The quantitative estimate of drug-likeness (QED) is 0.535. The third-order valence-corrected chi connectivity index (χ3v) is 3.86. The molecule has 7 heteroatoms. The molecular weight excluding hydrogens is 268 g/mol. The Morgan fingerprint density at radius 3 is 2.95 bits per heavy atom. The highest BCUT2D eigenvalue weighted by molar-refractivity contribution is 7.99. The van der Waals surface area contributed by atoms with E-state index in [-0.39, 0.29) is 12.1 Å². The molecule has 0 aliphatic carbocycles. The van der Waals surface area contributed by atoms with Crippen LogP contribution in [0.2, 0.25) is 0 Å². The third kappa shape index (κ3) is 4.76. The fourth-order valence-electron chi connectivity index (χ4n) is 1.93. The summed E-state index contributed by atoms with van der Waals surface area (Å²) in [7, 11) is 1.52. The number of ether oxygens (including phenoxy) is 1. The normalized spacial score (nSPS) is 22.3. The van der Waals surface area contributed by atoms with Gasteiger partial charge in [0.25, 0.3) is 0 Å². The van der Waals surface area contributed by atoms with E-state index in [0.29, 0.717) is 19.5 Å². The third-order valence-electron chi connectivity index (χ3n) is 2.90. The number of aliphatic carboxylic acids is 1. The van der Waals surface area contributed by atoms with E-state index in [2.05, 4.69) is 11.9 Å². The summed E-state index contributed by atoms with van der Waals surface area (Å²) in [6.07, 6.45) is 1.93. The average molecular weight is 288 g/mol. The van der Waals surface area contributed by atoms with Gasteiger partial charge in [-0.05, 0) is 0 Å². The van der Waals surface area contributed by atoms with Gasteiger partial charge in [0.2, 0.25) is 0 Å². The largest absolute Gasteiger partial charge is 0.480 e. The number of hydrogen-bond donors (Lipinski definition) is 2. The van der Waals surface area contributed by atoms with Gasteiger partial charge in [0, 0.05) is 38.1 Å². The van der Waals surface area contributed by atoms with Crippen LogP contribution in [0.1, 0.15) is 6.42 Å². The van der Waals surface area contributed by atoms with E-state index in [9.17, 15) is 9.59 Å². The molecule has 1 fully saturated rings. The molecule has 2 N–H and O–H groups in total. The van der Waals surface area contributed by atoms with Gasteiger partial charge < -0.3 is 20.1 Å². The molecule has 1 saturated heterocycles. The van der Waals surface area contributed by atoms with Gasteiger partial charge in [-0.15, -0.1) is 6.58 Å². The van der Waals surface area contributed by atoms with E-state index in [1.54, 1.807) is 17.8 Å². The number of carboxylic acid groups (broad SMARTS) is 1. The first-order chi connectivity index (χ1) is 9.10. The Kier molecular flexibility index (Phi) is 6.72. The van der Waals surface area contributed by atoms with Crippen molar-refractivity contribution < 1.29 is 19.4 Å². The van der Waals surface area contributed by atoms with E-state index in [4.69, 9.17) is 9.84 Å². The Hall–Kier alpha value is -1.21. The second-order valence-electron chi connectivity index (χ2n) is 4.20. The average Bonchev–Trinajstić information content (AvgIpc) is 2.82. The minimum atomic E-state index is -0.990. The van der Waals surface area contributed by atoms with Crippen molar-refractivity contribution in [1.29, 1.82) is 0 Å². The topological polar surface area (TPSA) is 78.9 Å². The monoisotopic (exact) mass is 288 g/mol. The summed E-state index contributed by atoms with van der Waals surface area (Å²) in [5.74, 6) is 0.621. The van der Waals surface area contributed by atoms with Crippen molar-refractivity contribution in [2.45, 2.75) is 18.6 Å². The number of rotatable bonds is 7. The highest BCUT2D eigenvalue weighted by atomic mass is 32.2. The van der Waals surface area contributed by atoms with E-state index >= 15 is 0 Å². The minimum Gasteiger partial charge on any atom is -0.480 e. The summed E-state index contributed by atoms with van der Waals surface area (Å²) in [6.45, 7) is 4.44. The lowest BCUT2D eigenvalue weighted by Crippen LogP contribution is -2.46. The van der Waals surface area contributed by atoms with Crippen molar-refractivity contribution in [2.75, 3.05) is 31.7 Å². The number of carbonyl (C=O) groups excluding carboxylic acids is 1. The highest BCUT2D eigenvalue weighted by Crippen LogP contribution is 2.20. The SMILES string of the molecule is C=CCSCCNC(=O)N1CC(OC)CC1C(=O)O. The second-order valence-corrected chi connectivity index (χ2v) is 5.35. The van der Waals surface area contributed by atoms with Gasteiger partial charge in [-0.25, -0.2) is 9.59 Å². The first-order valence-electron chi connectivity index (χ1n) is 6.08. The molecule has 1 rings (SSSR count). The zero-order valence-corrected chi connectivity index (χ0v) is 11.8. The first-order valence-corrected chi connectivity index (χ1v) is 7.24. The van der Waals surface area contributed by atoms with Gasteiger partial charge in [-0.1, -0.05) is 6.08 Å². The van der Waals surface area contributed by atoms with Crippen LogP contribution in [0.25, 0.3) is 0 Å². The summed E-state index contributed by atoms with van der Waals surface area (Å²) in [5, 5.41) is 11.8. The lowest BCUT2D eigenvalue weighted by molar-refractivity contribution is -0.141. The molecule has 1 aliphatic heterocycles. The van der Waals surface area contributed by atoms with Crippen LogP contribution in [0.5, 0.6) is 0 Å². The molecule has 0 aromatic heterocycles. The molecule has 2 unspecified atom stereocenters. The molecule has 0 aromatic carbocycles. The van der Waals surface area contributed by atoms with Gasteiger partial charge in [0.05, 0.1) is 6.10 Å². The van der Waals surface area contributed by atoms with E-state index in [1.165, 1.54) is 12.0 Å². The predicted octanol–water partition coefficient (Wildman–Crippen LogP) is 0.789. The summed E-state index contributed by atoms with van der Waals surface area (Å²) < 4.78 is 5.13. The maximum atomic E-state index is 11.9. The molecule has 0 saturated carbocycles. The lowest BCUT2D eigenvalue weighted by Gasteiger charge is -2.21. The van der Waals surface area contributed by atoms with E-state index in [0.717, 1.165) is 11.5 Å². The fraction of sp³-hybridized carbons (Fsp3) is 0.667. The molecular formula is C12H20N2O4S. The predicted molar refractivity (Wildman–Crippen MR) is 74.5 cm³/mol. The van der Waals surface area contributed by atoms with Crippen LogP contribution in [0.4, 0.5) is 4.79 Å². The van der Waals surface area contributed by atoms with Crippen LogP contribution in [-0.4, -0.2) is 65.9 Å². The van der Waals surface area contributed by atoms with Crippen molar-refractivity contribution in [3.8, 4) is 0 Å². The van der Waals surface area contributed by atoms with Crippen LogP contribution >= 0.6 is 11.8 Å². The number of methoxy groups -OCH3 is 1. The van der Waals surface area contributed by atoms with Gasteiger partial charge in [-0.3, -0.25) is 0 Å². The number of nitrogens with one attached hydrogen (secondary N) is 1. The molecule has 6 nitrogen and oxygen atoms in total. The molecule has 0 radical (unpaired) electrons. The summed E-state index contributed by atoms with van der Waals surface area (Å²) in [6, 6.07) is -1.14. The highest BCUT2D eigenvalue weighted by Gasteiger charge is 2.39. The van der Waals surface area contributed by atoms with Gasteiger partial charge >= 0.3 is 12.0 Å². The van der Waals surface area contributed by atoms with Crippen molar-refractivity contribution in [3.05, 3.63) is 12.7 Å². The maximum absolute atomic E-state index is 11.9. The minimum absolute atomic E-state index is 0.206. The number of thioether (sulfide) groups is 1. The van der Waals surface area contributed by atoms with Crippen LogP contribution < -0.4 is 5.32 Å². The number of hydrogen-bond acceptors (Lipinski definition) is 4. The number of carbonyl (C=O) groups is 2. The number of amides is 2. The van der Waals surface area contributed by atoms with Crippen LogP contribution in [0, 0.1) is 0 Å². The van der Waals surface area contributed by atoms with Crippen LogP contribution in [0.15, 0.2) is 12.7 Å². The van der Waals surface area contributed by atoms with Gasteiger partial charge in [0.15, 0.2) is 0 Å². The Morgan fingerprint density at radius 1 is 1.63 bits per heavy atom. The summed E-state index contributed by atoms with van der Waals surface area (Å²) >= 11 is 1.66. The summed E-state index contributed by atoms with van der Waals surface area (Å²) in [5.41, 5.74) is 0. The number of urea groups is 1. The van der Waals surface area contributed by atoms with Crippen LogP contribution in [0.3, 0.4) is 0 Å². The van der Waals surface area contributed by atoms with Crippen LogP contribution in [-0.2, 0) is 9.53 Å². The Balaban J connectivity index is 2.40. The Bertz CT molecular complexity index is 338. The molecule has 1 aliphatic rings. The molecule has 0 spiro atoms. The molecule has 19 heavy (non-hydrogen) atoms. The van der Waals surface area contributed by atoms with Crippen molar-refractivity contribution in [3.63, 3.8) is 0 Å².